The SMILES string of the molecule is CC(C)(C)ON1CC(N)=N[C@@H]2CCCC[C@@H]21. The van der Waals surface area contributed by atoms with Crippen LogP contribution in [0.4, 0.5) is 0 Å². The zero-order chi connectivity index (χ0) is 11.8. The topological polar surface area (TPSA) is 50.9 Å². The maximum Gasteiger partial charge on any atom is 0.111 e. The van der Waals surface area contributed by atoms with Crippen LogP contribution in [-0.4, -0.2) is 35.1 Å². The van der Waals surface area contributed by atoms with E-state index in [2.05, 4.69) is 30.8 Å². The molecule has 1 aliphatic carbocycles. The van der Waals surface area contributed by atoms with Gasteiger partial charge in [0, 0.05) is 0 Å². The number of nitrogens with zero attached hydrogens (tertiary/aromatic N) is 2. The van der Waals surface area contributed by atoms with Crippen molar-refractivity contribution in [3.8, 4) is 0 Å². The molecule has 0 unspecified atom stereocenters. The molecule has 2 atom stereocenters. The van der Waals surface area contributed by atoms with E-state index in [0.29, 0.717) is 24.5 Å². The second-order valence-electron chi connectivity index (χ2n) is 5.82. The summed E-state index contributed by atoms with van der Waals surface area (Å²) in [6, 6.07) is 0.783. The van der Waals surface area contributed by atoms with Gasteiger partial charge >= 0.3 is 0 Å². The van der Waals surface area contributed by atoms with Gasteiger partial charge in [-0.2, -0.15) is 5.06 Å². The minimum atomic E-state index is -0.153. The Morgan fingerprint density at radius 2 is 2.00 bits per heavy atom. The third-order valence-electron chi connectivity index (χ3n) is 3.10. The first-order chi connectivity index (χ1) is 7.46. The van der Waals surface area contributed by atoms with E-state index in [9.17, 15) is 0 Å². The highest BCUT2D eigenvalue weighted by Gasteiger charge is 2.36. The van der Waals surface area contributed by atoms with Gasteiger partial charge in [-0.05, 0) is 33.6 Å². The Morgan fingerprint density at radius 1 is 1.31 bits per heavy atom. The smallest absolute Gasteiger partial charge is 0.111 e. The zero-order valence-electron chi connectivity index (χ0n) is 10.6. The number of hydrogen-bond donors (Lipinski definition) is 1. The highest BCUT2D eigenvalue weighted by atomic mass is 16.7. The fourth-order valence-electron chi connectivity index (χ4n) is 2.56. The van der Waals surface area contributed by atoms with Gasteiger partial charge in [-0.15, -0.1) is 0 Å². The minimum Gasteiger partial charge on any atom is -0.386 e. The fourth-order valence-corrected chi connectivity index (χ4v) is 2.56. The molecule has 0 aromatic carbocycles. The van der Waals surface area contributed by atoms with Gasteiger partial charge in [-0.25, -0.2) is 0 Å². The molecule has 0 aromatic heterocycles. The summed E-state index contributed by atoms with van der Waals surface area (Å²) in [7, 11) is 0. The number of amidine groups is 1. The molecule has 2 rings (SSSR count). The van der Waals surface area contributed by atoms with Crippen LogP contribution in [0.1, 0.15) is 46.5 Å². The largest absolute Gasteiger partial charge is 0.386 e. The molecule has 1 aliphatic heterocycles. The van der Waals surface area contributed by atoms with Crippen molar-refractivity contribution in [2.75, 3.05) is 6.54 Å². The minimum absolute atomic E-state index is 0.153. The molecule has 2 N–H and O–H groups in total. The standard InChI is InChI=1S/C12H23N3O/c1-12(2,3)16-15-8-11(13)14-9-6-4-5-7-10(9)15/h9-10H,4-8H2,1-3H3,(H2,13,14)/t9-,10+/m1/s1. The van der Waals surface area contributed by atoms with Crippen molar-refractivity contribution in [3.05, 3.63) is 0 Å². The van der Waals surface area contributed by atoms with Crippen molar-refractivity contribution in [3.63, 3.8) is 0 Å². The normalized spacial score (nSPS) is 32.1. The molecule has 0 saturated heterocycles. The first-order valence-electron chi connectivity index (χ1n) is 6.23. The van der Waals surface area contributed by atoms with E-state index < -0.39 is 0 Å². The second kappa shape index (κ2) is 4.34. The first-order valence-corrected chi connectivity index (χ1v) is 6.23. The zero-order valence-corrected chi connectivity index (χ0v) is 10.6. The van der Waals surface area contributed by atoms with Gasteiger partial charge in [-0.1, -0.05) is 12.8 Å². The van der Waals surface area contributed by atoms with E-state index in [1.54, 1.807) is 0 Å². The van der Waals surface area contributed by atoms with E-state index in [0.717, 1.165) is 6.42 Å². The monoisotopic (exact) mass is 225 g/mol. The van der Waals surface area contributed by atoms with E-state index in [-0.39, 0.29) is 5.60 Å². The lowest BCUT2D eigenvalue weighted by Gasteiger charge is -2.43. The molecule has 1 heterocycles. The van der Waals surface area contributed by atoms with Crippen molar-refractivity contribution in [2.45, 2.75) is 64.1 Å². The van der Waals surface area contributed by atoms with Gasteiger partial charge < -0.3 is 5.73 Å². The van der Waals surface area contributed by atoms with Crippen LogP contribution in [0.25, 0.3) is 0 Å². The summed E-state index contributed by atoms with van der Waals surface area (Å²) in [6.45, 7) is 6.88. The van der Waals surface area contributed by atoms with Crippen LogP contribution in [0.5, 0.6) is 0 Å². The molecule has 1 fully saturated rings. The van der Waals surface area contributed by atoms with Gasteiger partial charge in [0.2, 0.25) is 0 Å². The summed E-state index contributed by atoms with van der Waals surface area (Å²) in [5.41, 5.74) is 5.73. The van der Waals surface area contributed by atoms with Gasteiger partial charge in [0.25, 0.3) is 0 Å². The van der Waals surface area contributed by atoms with E-state index in [4.69, 9.17) is 10.6 Å². The Kier molecular flexibility index (Phi) is 3.22. The van der Waals surface area contributed by atoms with Gasteiger partial charge in [-0.3, -0.25) is 9.83 Å². The van der Waals surface area contributed by atoms with Crippen molar-refractivity contribution < 1.29 is 4.84 Å². The van der Waals surface area contributed by atoms with Crippen LogP contribution in [-0.2, 0) is 4.84 Å². The first kappa shape index (κ1) is 11.9. The molecule has 1 saturated carbocycles. The van der Waals surface area contributed by atoms with Gasteiger partial charge in [0.05, 0.1) is 24.2 Å². The van der Waals surface area contributed by atoms with E-state index >= 15 is 0 Å². The molecular weight excluding hydrogens is 202 g/mol. The quantitative estimate of drug-likeness (QED) is 0.739. The highest BCUT2D eigenvalue weighted by Crippen LogP contribution is 2.29. The van der Waals surface area contributed by atoms with Crippen molar-refractivity contribution in [1.82, 2.24) is 5.06 Å². The Morgan fingerprint density at radius 3 is 2.69 bits per heavy atom. The number of hydrogen-bond acceptors (Lipinski definition) is 4. The number of fused-ring (bicyclic) bond motifs is 1. The molecule has 92 valence electrons. The number of nitrogens with two attached hydrogens (primary N) is 1. The molecule has 0 radical (unpaired) electrons. The van der Waals surface area contributed by atoms with Crippen LogP contribution in [0, 0.1) is 0 Å². The van der Waals surface area contributed by atoms with Gasteiger partial charge in [0.15, 0.2) is 0 Å². The molecule has 0 amide bonds. The highest BCUT2D eigenvalue weighted by molar-refractivity contribution is 5.83. The Bertz CT molecular complexity index is 282. The second-order valence-corrected chi connectivity index (χ2v) is 5.82. The number of rotatable bonds is 1. The lowest BCUT2D eigenvalue weighted by Crippen LogP contribution is -2.54. The molecule has 4 nitrogen and oxygen atoms in total. The molecule has 4 heteroatoms. The summed E-state index contributed by atoms with van der Waals surface area (Å²) in [6.07, 6.45) is 4.87. The average Bonchev–Trinajstić information content (AvgIpc) is 2.14. The average molecular weight is 225 g/mol. The molecule has 0 aromatic rings. The predicted octanol–water partition coefficient (Wildman–Crippen LogP) is 1.70. The van der Waals surface area contributed by atoms with E-state index in [1.807, 2.05) is 0 Å². The predicted molar refractivity (Wildman–Crippen MR) is 65.2 cm³/mol. The lowest BCUT2D eigenvalue weighted by atomic mass is 9.89. The van der Waals surface area contributed by atoms with Gasteiger partial charge in [0.1, 0.15) is 5.84 Å². The van der Waals surface area contributed by atoms with Crippen molar-refractivity contribution in [1.29, 1.82) is 0 Å². The summed E-state index contributed by atoms with van der Waals surface area (Å²) in [5.74, 6) is 0.715. The van der Waals surface area contributed by atoms with Crippen LogP contribution in [0.2, 0.25) is 0 Å². The lowest BCUT2D eigenvalue weighted by molar-refractivity contribution is -0.250. The molecule has 2 aliphatic rings. The fraction of sp³-hybridized carbons (Fsp3) is 0.917. The maximum absolute atomic E-state index is 5.99. The van der Waals surface area contributed by atoms with Crippen LogP contribution >= 0.6 is 0 Å². The molecular formula is C12H23N3O. The third kappa shape index (κ3) is 2.74. The Labute approximate surface area is 97.8 Å². The number of aliphatic imine (C=N–C) groups is 1. The summed E-state index contributed by atoms with van der Waals surface area (Å²) in [4.78, 5) is 10.5. The maximum atomic E-state index is 5.99. The summed E-state index contributed by atoms with van der Waals surface area (Å²) >= 11 is 0. The summed E-state index contributed by atoms with van der Waals surface area (Å²) in [5, 5.41) is 2.06. The van der Waals surface area contributed by atoms with E-state index in [1.165, 1.54) is 19.3 Å². The Hall–Kier alpha value is -0.610. The number of hydroxylamine groups is 2. The molecule has 16 heavy (non-hydrogen) atoms. The molecule has 0 spiro atoms. The van der Waals surface area contributed by atoms with Crippen LogP contribution < -0.4 is 5.73 Å². The Balaban J connectivity index is 2.10. The van der Waals surface area contributed by atoms with Crippen molar-refractivity contribution >= 4 is 5.84 Å². The van der Waals surface area contributed by atoms with Crippen LogP contribution in [0.15, 0.2) is 4.99 Å². The van der Waals surface area contributed by atoms with Crippen LogP contribution in [0.3, 0.4) is 0 Å². The summed E-state index contributed by atoms with van der Waals surface area (Å²) < 4.78 is 0. The van der Waals surface area contributed by atoms with Crippen molar-refractivity contribution in [2.24, 2.45) is 10.7 Å². The molecule has 0 bridgehead atoms. The third-order valence-corrected chi connectivity index (χ3v) is 3.10.